The van der Waals surface area contributed by atoms with Gasteiger partial charge >= 0.3 is 0 Å². The number of aromatic nitrogens is 5. The monoisotopic (exact) mass is 297 g/mol. The summed E-state index contributed by atoms with van der Waals surface area (Å²) in [7, 11) is 0. The molecule has 0 saturated heterocycles. The summed E-state index contributed by atoms with van der Waals surface area (Å²) < 4.78 is 1.78. The van der Waals surface area contributed by atoms with Gasteiger partial charge in [0.05, 0.1) is 11.4 Å². The average Bonchev–Trinajstić information content (AvgIpc) is 2.94. The van der Waals surface area contributed by atoms with Crippen molar-refractivity contribution in [2.24, 2.45) is 0 Å². The maximum atomic E-state index is 4.31. The van der Waals surface area contributed by atoms with E-state index in [0.717, 1.165) is 27.9 Å². The fourth-order valence-corrected chi connectivity index (χ4v) is 2.88. The molecule has 0 amide bonds. The third-order valence-corrected chi connectivity index (χ3v) is 4.05. The normalized spacial score (nSPS) is 10.8. The van der Waals surface area contributed by atoms with E-state index in [1.165, 1.54) is 5.56 Å². The Morgan fingerprint density at radius 1 is 1.14 bits per heavy atom. The lowest BCUT2D eigenvalue weighted by atomic mass is 10.1. The number of hydrogen-bond acceptors (Lipinski definition) is 5. The molecule has 0 aliphatic heterocycles. The van der Waals surface area contributed by atoms with E-state index in [4.69, 9.17) is 0 Å². The van der Waals surface area contributed by atoms with Gasteiger partial charge in [0.1, 0.15) is 0 Å². The van der Waals surface area contributed by atoms with Crippen molar-refractivity contribution in [3.63, 3.8) is 0 Å². The van der Waals surface area contributed by atoms with Crippen LogP contribution in [0.2, 0.25) is 0 Å². The molecule has 0 aliphatic rings. The second-order valence-corrected chi connectivity index (χ2v) is 5.72. The van der Waals surface area contributed by atoms with Gasteiger partial charge in [0, 0.05) is 11.9 Å². The topological polar surface area (TPSA) is 56.5 Å². The van der Waals surface area contributed by atoms with E-state index in [1.54, 1.807) is 22.6 Å². The van der Waals surface area contributed by atoms with Crippen molar-refractivity contribution in [1.82, 2.24) is 25.2 Å². The molecular weight excluding hydrogens is 282 g/mol. The predicted octanol–water partition coefficient (Wildman–Crippen LogP) is 2.97. The first-order chi connectivity index (χ1) is 10.2. The highest BCUT2D eigenvalue weighted by Crippen LogP contribution is 2.23. The van der Waals surface area contributed by atoms with Gasteiger partial charge < -0.3 is 0 Å². The number of aryl methyl sites for hydroxylation is 2. The van der Waals surface area contributed by atoms with Crippen molar-refractivity contribution in [3.8, 4) is 5.69 Å². The molecule has 5 nitrogen and oxygen atoms in total. The van der Waals surface area contributed by atoms with Gasteiger partial charge in [-0.3, -0.25) is 4.98 Å². The van der Waals surface area contributed by atoms with Gasteiger partial charge in [-0.1, -0.05) is 35.5 Å². The van der Waals surface area contributed by atoms with Gasteiger partial charge in [-0.25, -0.2) is 0 Å². The third-order valence-electron chi connectivity index (χ3n) is 3.10. The largest absolute Gasteiger partial charge is 0.260 e. The van der Waals surface area contributed by atoms with E-state index < -0.39 is 0 Å². The first kappa shape index (κ1) is 13.8. The van der Waals surface area contributed by atoms with Gasteiger partial charge in [-0.05, 0) is 48.0 Å². The highest BCUT2D eigenvalue weighted by Gasteiger charge is 2.11. The average molecular weight is 297 g/mol. The number of tetrazole rings is 1. The number of nitrogens with zero attached hydrogens (tertiary/aromatic N) is 5. The Morgan fingerprint density at radius 3 is 2.81 bits per heavy atom. The van der Waals surface area contributed by atoms with Crippen molar-refractivity contribution in [1.29, 1.82) is 0 Å². The van der Waals surface area contributed by atoms with Gasteiger partial charge in [0.2, 0.25) is 5.16 Å². The van der Waals surface area contributed by atoms with Crippen LogP contribution in [0.15, 0.2) is 47.8 Å². The molecule has 0 unspecified atom stereocenters. The van der Waals surface area contributed by atoms with Gasteiger partial charge in [-0.2, -0.15) is 4.68 Å². The number of rotatable bonds is 4. The van der Waals surface area contributed by atoms with E-state index >= 15 is 0 Å². The standard InChI is InChI=1S/C15H15N5S/c1-11-6-7-14(12(2)9-11)20-15(17-18-19-20)21-10-13-5-3-4-8-16-13/h3-9H,10H2,1-2H3. The second-order valence-electron chi connectivity index (χ2n) is 4.77. The zero-order valence-electron chi connectivity index (χ0n) is 11.9. The molecule has 0 bridgehead atoms. The Kier molecular flexibility index (Phi) is 3.96. The van der Waals surface area contributed by atoms with Crippen molar-refractivity contribution < 1.29 is 0 Å². The summed E-state index contributed by atoms with van der Waals surface area (Å²) in [5.74, 6) is 0.742. The minimum Gasteiger partial charge on any atom is -0.260 e. The molecule has 6 heteroatoms. The fraction of sp³-hybridized carbons (Fsp3) is 0.200. The van der Waals surface area contributed by atoms with E-state index in [1.807, 2.05) is 24.3 Å². The Labute approximate surface area is 127 Å². The molecule has 3 rings (SSSR count). The maximum Gasteiger partial charge on any atom is 0.214 e. The molecule has 3 aromatic rings. The zero-order chi connectivity index (χ0) is 14.7. The Balaban J connectivity index is 1.84. The summed E-state index contributed by atoms with van der Waals surface area (Å²) in [6.45, 7) is 4.14. The van der Waals surface area contributed by atoms with E-state index in [2.05, 4.69) is 46.5 Å². The van der Waals surface area contributed by atoms with E-state index in [-0.39, 0.29) is 0 Å². The summed E-state index contributed by atoms with van der Waals surface area (Å²) in [5.41, 5.74) is 4.40. The molecule has 106 valence electrons. The Morgan fingerprint density at radius 2 is 2.05 bits per heavy atom. The fourth-order valence-electron chi connectivity index (χ4n) is 2.09. The van der Waals surface area contributed by atoms with E-state index in [0.29, 0.717) is 0 Å². The van der Waals surface area contributed by atoms with Crippen LogP contribution in [0.5, 0.6) is 0 Å². The lowest BCUT2D eigenvalue weighted by Crippen LogP contribution is -2.02. The van der Waals surface area contributed by atoms with Gasteiger partial charge in [-0.15, -0.1) is 5.10 Å². The van der Waals surface area contributed by atoms with Crippen LogP contribution >= 0.6 is 11.8 Å². The van der Waals surface area contributed by atoms with Gasteiger partial charge in [0.15, 0.2) is 0 Å². The minimum atomic E-state index is 0.742. The lowest BCUT2D eigenvalue weighted by Gasteiger charge is -2.08. The summed E-state index contributed by atoms with van der Waals surface area (Å²) in [5, 5.41) is 12.8. The molecule has 1 aromatic carbocycles. The van der Waals surface area contributed by atoms with Crippen LogP contribution in [0.3, 0.4) is 0 Å². The molecular formula is C15H15N5S. The van der Waals surface area contributed by atoms with Crippen LogP contribution in [0.1, 0.15) is 16.8 Å². The molecule has 0 atom stereocenters. The SMILES string of the molecule is Cc1ccc(-n2nnnc2SCc2ccccn2)c(C)c1. The zero-order valence-corrected chi connectivity index (χ0v) is 12.7. The van der Waals surface area contributed by atoms with Crippen LogP contribution < -0.4 is 0 Å². The Hall–Kier alpha value is -2.21. The highest BCUT2D eigenvalue weighted by atomic mass is 32.2. The van der Waals surface area contributed by atoms with Gasteiger partial charge in [0.25, 0.3) is 0 Å². The summed E-state index contributed by atoms with van der Waals surface area (Å²) in [4.78, 5) is 4.31. The molecule has 0 saturated carbocycles. The molecule has 0 aliphatic carbocycles. The Bertz CT molecular complexity index is 739. The van der Waals surface area contributed by atoms with Crippen molar-refractivity contribution in [2.75, 3.05) is 0 Å². The van der Waals surface area contributed by atoms with Crippen LogP contribution in [-0.4, -0.2) is 25.2 Å². The number of thioether (sulfide) groups is 1. The van der Waals surface area contributed by atoms with E-state index in [9.17, 15) is 0 Å². The smallest absolute Gasteiger partial charge is 0.214 e. The molecule has 21 heavy (non-hydrogen) atoms. The number of benzene rings is 1. The summed E-state index contributed by atoms with van der Waals surface area (Å²) in [6.07, 6.45) is 1.79. The van der Waals surface area contributed by atoms with Crippen LogP contribution in [0, 0.1) is 13.8 Å². The van der Waals surface area contributed by atoms with Crippen LogP contribution in [0.4, 0.5) is 0 Å². The summed E-state index contributed by atoms with van der Waals surface area (Å²) >= 11 is 1.58. The first-order valence-electron chi connectivity index (χ1n) is 6.63. The lowest BCUT2D eigenvalue weighted by molar-refractivity contribution is 0.751. The van der Waals surface area contributed by atoms with Crippen molar-refractivity contribution >= 4 is 11.8 Å². The van der Waals surface area contributed by atoms with Crippen LogP contribution in [0.25, 0.3) is 5.69 Å². The molecule has 0 N–H and O–H groups in total. The molecule has 2 aromatic heterocycles. The summed E-state index contributed by atoms with van der Waals surface area (Å²) in [6, 6.07) is 12.1. The highest BCUT2D eigenvalue weighted by molar-refractivity contribution is 7.98. The van der Waals surface area contributed by atoms with Crippen molar-refractivity contribution in [3.05, 3.63) is 59.4 Å². The molecule has 0 fully saturated rings. The predicted molar refractivity (Wildman–Crippen MR) is 82.4 cm³/mol. The number of pyridine rings is 1. The second kappa shape index (κ2) is 6.05. The van der Waals surface area contributed by atoms with Crippen LogP contribution in [-0.2, 0) is 5.75 Å². The molecule has 0 radical (unpaired) electrons. The maximum absolute atomic E-state index is 4.31. The van der Waals surface area contributed by atoms with Crippen molar-refractivity contribution in [2.45, 2.75) is 24.8 Å². The minimum absolute atomic E-state index is 0.742. The third kappa shape index (κ3) is 3.11. The molecule has 0 spiro atoms. The first-order valence-corrected chi connectivity index (χ1v) is 7.61. The quantitative estimate of drug-likeness (QED) is 0.693. The number of hydrogen-bond donors (Lipinski definition) is 0. The molecule has 2 heterocycles.